The smallest absolute Gasteiger partial charge is 0.223 e. The van der Waals surface area contributed by atoms with E-state index < -0.39 is 0 Å². The van der Waals surface area contributed by atoms with Crippen molar-refractivity contribution in [1.82, 2.24) is 15.1 Å². The van der Waals surface area contributed by atoms with Crippen LogP contribution in [-0.4, -0.2) is 15.7 Å². The summed E-state index contributed by atoms with van der Waals surface area (Å²) in [6.07, 6.45) is 18.0. The molecule has 0 aliphatic heterocycles. The summed E-state index contributed by atoms with van der Waals surface area (Å²) in [4.78, 5) is 12.0. The Labute approximate surface area is 130 Å². The number of aromatic nitrogens is 2. The molecule has 1 heterocycles. The third-order valence-electron chi connectivity index (χ3n) is 4.57. The van der Waals surface area contributed by atoms with Gasteiger partial charge in [0.1, 0.15) is 0 Å². The fraction of sp³-hybridized carbons (Fsp3) is 0.444. The van der Waals surface area contributed by atoms with Gasteiger partial charge in [-0.3, -0.25) is 9.48 Å². The third kappa shape index (κ3) is 2.78. The molecule has 4 rings (SSSR count). The predicted molar refractivity (Wildman–Crippen MR) is 85.9 cm³/mol. The second-order valence-electron chi connectivity index (χ2n) is 6.43. The molecule has 1 aromatic heterocycles. The first-order valence-electron chi connectivity index (χ1n) is 8.18. The van der Waals surface area contributed by atoms with Crippen molar-refractivity contribution in [2.45, 2.75) is 44.7 Å². The van der Waals surface area contributed by atoms with Crippen molar-refractivity contribution in [3.05, 3.63) is 47.3 Å². The van der Waals surface area contributed by atoms with Crippen molar-refractivity contribution in [2.24, 2.45) is 5.92 Å². The number of carbonyl (C=O) groups is 1. The maximum absolute atomic E-state index is 12.0. The molecule has 4 heteroatoms. The minimum Gasteiger partial charge on any atom is -0.349 e. The molecule has 0 aromatic carbocycles. The van der Waals surface area contributed by atoms with Gasteiger partial charge in [-0.05, 0) is 43.8 Å². The summed E-state index contributed by atoms with van der Waals surface area (Å²) in [5.41, 5.74) is 3.56. The van der Waals surface area contributed by atoms with Crippen LogP contribution in [0.15, 0.2) is 36.1 Å². The number of rotatable bonds is 4. The van der Waals surface area contributed by atoms with E-state index >= 15 is 0 Å². The van der Waals surface area contributed by atoms with E-state index in [-0.39, 0.29) is 17.9 Å². The molecule has 1 N–H and O–H groups in total. The lowest BCUT2D eigenvalue weighted by molar-refractivity contribution is -0.123. The van der Waals surface area contributed by atoms with Gasteiger partial charge in [0.2, 0.25) is 5.91 Å². The molecular formula is C18H21N3O. The van der Waals surface area contributed by atoms with Gasteiger partial charge in [0.25, 0.3) is 0 Å². The maximum Gasteiger partial charge on any atom is 0.223 e. The van der Waals surface area contributed by atoms with Crippen molar-refractivity contribution in [2.75, 3.05) is 0 Å². The molecule has 0 radical (unpaired) electrons. The number of nitrogens with zero attached hydrogens (tertiary/aromatic N) is 2. The largest absolute Gasteiger partial charge is 0.349 e. The van der Waals surface area contributed by atoms with Gasteiger partial charge in [-0.1, -0.05) is 24.3 Å². The molecule has 1 saturated carbocycles. The predicted octanol–water partition coefficient (Wildman–Crippen LogP) is 3.14. The van der Waals surface area contributed by atoms with Crippen LogP contribution in [0.5, 0.6) is 0 Å². The van der Waals surface area contributed by atoms with E-state index in [1.807, 2.05) is 4.68 Å². The highest BCUT2D eigenvalue weighted by molar-refractivity contribution is 5.81. The number of allylic oxidation sites excluding steroid dienone is 4. The first kappa shape index (κ1) is 13.6. The van der Waals surface area contributed by atoms with Gasteiger partial charge >= 0.3 is 0 Å². The molecule has 1 unspecified atom stereocenters. The Bertz CT molecular complexity index is 677. The minimum absolute atomic E-state index is 0.0853. The van der Waals surface area contributed by atoms with E-state index in [9.17, 15) is 4.79 Å². The van der Waals surface area contributed by atoms with Gasteiger partial charge in [-0.2, -0.15) is 5.10 Å². The van der Waals surface area contributed by atoms with Crippen LogP contribution in [0.1, 0.15) is 49.4 Å². The van der Waals surface area contributed by atoms with Crippen LogP contribution in [0.25, 0.3) is 6.08 Å². The van der Waals surface area contributed by atoms with E-state index in [0.29, 0.717) is 0 Å². The second-order valence-corrected chi connectivity index (χ2v) is 6.43. The Morgan fingerprint density at radius 3 is 3.05 bits per heavy atom. The van der Waals surface area contributed by atoms with Crippen molar-refractivity contribution in [3.63, 3.8) is 0 Å². The topological polar surface area (TPSA) is 46.9 Å². The molecule has 3 aliphatic rings. The highest BCUT2D eigenvalue weighted by Gasteiger charge is 2.32. The molecule has 3 aliphatic carbocycles. The van der Waals surface area contributed by atoms with Crippen molar-refractivity contribution in [3.8, 4) is 0 Å². The highest BCUT2D eigenvalue weighted by atomic mass is 16.2. The molecule has 1 atom stereocenters. The van der Waals surface area contributed by atoms with Crippen LogP contribution in [0.4, 0.5) is 0 Å². The summed E-state index contributed by atoms with van der Waals surface area (Å²) in [6, 6.07) is 0.0853. The van der Waals surface area contributed by atoms with Gasteiger partial charge in [0.15, 0.2) is 0 Å². The zero-order chi connectivity index (χ0) is 14.9. The molecule has 0 bridgehead atoms. The van der Waals surface area contributed by atoms with E-state index in [0.717, 1.165) is 49.9 Å². The van der Waals surface area contributed by atoms with Crippen molar-refractivity contribution >= 4 is 12.0 Å². The van der Waals surface area contributed by atoms with Gasteiger partial charge in [0, 0.05) is 17.7 Å². The lowest BCUT2D eigenvalue weighted by Crippen LogP contribution is -2.30. The second kappa shape index (κ2) is 5.59. The average molecular weight is 295 g/mol. The lowest BCUT2D eigenvalue weighted by Gasteiger charge is -2.19. The zero-order valence-corrected chi connectivity index (χ0v) is 12.7. The average Bonchev–Trinajstić information content (AvgIpc) is 3.30. The van der Waals surface area contributed by atoms with E-state index in [4.69, 9.17) is 0 Å². The number of nitrogens with one attached hydrogen (secondary N) is 1. The summed E-state index contributed by atoms with van der Waals surface area (Å²) in [5, 5.41) is 7.86. The summed E-state index contributed by atoms with van der Waals surface area (Å²) in [7, 11) is 0. The summed E-state index contributed by atoms with van der Waals surface area (Å²) in [5.74, 6) is 0.461. The van der Waals surface area contributed by atoms with Gasteiger partial charge in [-0.15, -0.1) is 0 Å². The van der Waals surface area contributed by atoms with Crippen LogP contribution in [0.2, 0.25) is 0 Å². The van der Waals surface area contributed by atoms with Gasteiger partial charge in [-0.25, -0.2) is 0 Å². The van der Waals surface area contributed by atoms with Crippen molar-refractivity contribution < 1.29 is 4.79 Å². The SMILES string of the molecule is O=C(NC1CC=Cc2nn(CC3=CC=CCC3)cc21)C1CC1. The number of hydrogen-bond donors (Lipinski definition) is 1. The Kier molecular flexibility index (Phi) is 3.45. The molecule has 114 valence electrons. The molecule has 4 nitrogen and oxygen atoms in total. The summed E-state index contributed by atoms with van der Waals surface area (Å²) >= 11 is 0. The highest BCUT2D eigenvalue weighted by Crippen LogP contribution is 2.32. The van der Waals surface area contributed by atoms with Crippen LogP contribution in [-0.2, 0) is 11.3 Å². The Hall–Kier alpha value is -2.10. The molecule has 1 fully saturated rings. The monoisotopic (exact) mass is 295 g/mol. The van der Waals surface area contributed by atoms with Crippen LogP contribution in [0.3, 0.4) is 0 Å². The fourth-order valence-corrected chi connectivity index (χ4v) is 3.14. The number of amides is 1. The normalized spacial score (nSPS) is 23.1. The van der Waals surface area contributed by atoms with E-state index in [1.54, 1.807) is 0 Å². The van der Waals surface area contributed by atoms with Crippen LogP contribution < -0.4 is 5.32 Å². The first-order chi connectivity index (χ1) is 10.8. The zero-order valence-electron chi connectivity index (χ0n) is 12.7. The Morgan fingerprint density at radius 2 is 2.27 bits per heavy atom. The molecule has 22 heavy (non-hydrogen) atoms. The van der Waals surface area contributed by atoms with Crippen LogP contribution >= 0.6 is 0 Å². The Balaban J connectivity index is 1.51. The standard InChI is InChI=1S/C18H21N3O/c22-18(14-9-10-14)19-16-7-4-8-17-15(16)12-21(20-17)11-13-5-2-1-3-6-13/h1-2,4-5,8,12,14,16H,3,6-7,9-11H2,(H,19,22). The summed E-state index contributed by atoms with van der Waals surface area (Å²) < 4.78 is 2.02. The van der Waals surface area contributed by atoms with E-state index in [1.165, 1.54) is 5.57 Å². The molecule has 0 saturated heterocycles. The molecule has 1 amide bonds. The maximum atomic E-state index is 12.0. The quantitative estimate of drug-likeness (QED) is 0.927. The molecule has 1 aromatic rings. The summed E-state index contributed by atoms with van der Waals surface area (Å²) in [6.45, 7) is 0.842. The number of carbonyl (C=O) groups excluding carboxylic acids is 1. The van der Waals surface area contributed by atoms with Crippen molar-refractivity contribution in [1.29, 1.82) is 0 Å². The number of fused-ring (bicyclic) bond motifs is 1. The van der Waals surface area contributed by atoms with Gasteiger partial charge < -0.3 is 5.32 Å². The first-order valence-corrected chi connectivity index (χ1v) is 8.18. The number of hydrogen-bond acceptors (Lipinski definition) is 2. The third-order valence-corrected chi connectivity index (χ3v) is 4.57. The lowest BCUT2D eigenvalue weighted by atomic mass is 9.98. The minimum atomic E-state index is 0.0853. The molecular weight excluding hydrogens is 274 g/mol. The van der Waals surface area contributed by atoms with Crippen LogP contribution in [0, 0.1) is 5.92 Å². The molecule has 0 spiro atoms. The van der Waals surface area contributed by atoms with E-state index in [2.05, 4.69) is 47.0 Å². The van der Waals surface area contributed by atoms with Gasteiger partial charge in [0.05, 0.1) is 18.3 Å². The Morgan fingerprint density at radius 1 is 1.36 bits per heavy atom. The fourth-order valence-electron chi connectivity index (χ4n) is 3.14.